The van der Waals surface area contributed by atoms with Gasteiger partial charge in [0.25, 0.3) is 11.8 Å². The number of hydrogen-bond acceptors (Lipinski definition) is 7. The van der Waals surface area contributed by atoms with E-state index in [1.165, 1.54) is 28.7 Å². The molecule has 0 radical (unpaired) electrons. The molecule has 1 atom stereocenters. The smallest absolute Gasteiger partial charge is 0.272 e. The summed E-state index contributed by atoms with van der Waals surface area (Å²) in [5, 5.41) is 10.6. The van der Waals surface area contributed by atoms with Gasteiger partial charge in [0.05, 0.1) is 18.1 Å². The van der Waals surface area contributed by atoms with E-state index in [1.54, 1.807) is 49.6 Å². The second-order valence-corrected chi connectivity index (χ2v) is 13.5. The van der Waals surface area contributed by atoms with E-state index in [9.17, 15) is 14.4 Å². The molecule has 1 unspecified atom stereocenters. The van der Waals surface area contributed by atoms with Crippen LogP contribution in [0.4, 0.5) is 10.8 Å². The summed E-state index contributed by atoms with van der Waals surface area (Å²) < 4.78 is 5.21. The van der Waals surface area contributed by atoms with E-state index >= 15 is 0 Å². The third kappa shape index (κ3) is 9.21. The normalized spacial score (nSPS) is 11.9. The molecule has 48 heavy (non-hydrogen) atoms. The van der Waals surface area contributed by atoms with E-state index in [1.807, 2.05) is 79.0 Å². The van der Waals surface area contributed by atoms with Gasteiger partial charge in [-0.25, -0.2) is 4.98 Å². The van der Waals surface area contributed by atoms with Crippen molar-refractivity contribution in [2.45, 2.75) is 36.8 Å². The Hall–Kier alpha value is -5.19. The van der Waals surface area contributed by atoms with Crippen molar-refractivity contribution in [3.63, 3.8) is 0 Å². The Kier molecular flexibility index (Phi) is 11.4. The molecule has 0 saturated carbocycles. The molecule has 10 heteroatoms. The maximum Gasteiger partial charge on any atom is 0.272 e. The van der Waals surface area contributed by atoms with Crippen LogP contribution < -0.4 is 20.7 Å². The summed E-state index contributed by atoms with van der Waals surface area (Å²) >= 11 is 2.76. The maximum atomic E-state index is 13.4. The van der Waals surface area contributed by atoms with Crippen LogP contribution in [0.5, 0.6) is 5.75 Å². The van der Waals surface area contributed by atoms with Gasteiger partial charge in [0.1, 0.15) is 11.4 Å². The van der Waals surface area contributed by atoms with Crippen molar-refractivity contribution >= 4 is 57.7 Å². The first kappa shape index (κ1) is 34.2. The molecule has 0 aliphatic heterocycles. The number of amides is 3. The number of benzene rings is 4. The SMILES string of the molecule is COc1ccc(-c2csc(NC(=O)C(C)Sc3ccc(NC(=O)/C(=C/c4ccc(C(C)C)cc4)NC(=O)c4ccccc4)cc3)n2)cc1. The number of thiazole rings is 1. The van der Waals surface area contributed by atoms with Crippen LogP contribution >= 0.6 is 23.1 Å². The van der Waals surface area contributed by atoms with Crippen LogP contribution in [0.25, 0.3) is 17.3 Å². The zero-order chi connectivity index (χ0) is 34.0. The highest BCUT2D eigenvalue weighted by Gasteiger charge is 2.18. The first-order valence-corrected chi connectivity index (χ1v) is 17.1. The van der Waals surface area contributed by atoms with Gasteiger partial charge in [-0.1, -0.05) is 56.3 Å². The van der Waals surface area contributed by atoms with E-state index in [0.717, 1.165) is 27.5 Å². The van der Waals surface area contributed by atoms with Crippen molar-refractivity contribution in [2.24, 2.45) is 0 Å². The molecule has 3 N–H and O–H groups in total. The number of nitrogens with zero attached hydrogens (tertiary/aromatic N) is 1. The van der Waals surface area contributed by atoms with Crippen molar-refractivity contribution in [2.75, 3.05) is 17.7 Å². The molecule has 0 aliphatic carbocycles. The van der Waals surface area contributed by atoms with Crippen LogP contribution in [0.15, 0.2) is 119 Å². The van der Waals surface area contributed by atoms with Gasteiger partial charge in [-0.15, -0.1) is 23.1 Å². The van der Waals surface area contributed by atoms with Crippen LogP contribution in [-0.4, -0.2) is 35.1 Å². The molecule has 3 amide bonds. The first-order valence-electron chi connectivity index (χ1n) is 15.4. The van der Waals surface area contributed by atoms with Crippen molar-refractivity contribution < 1.29 is 19.1 Å². The van der Waals surface area contributed by atoms with Gasteiger partial charge in [0.2, 0.25) is 5.91 Å². The van der Waals surface area contributed by atoms with E-state index in [4.69, 9.17) is 4.74 Å². The van der Waals surface area contributed by atoms with Gasteiger partial charge in [0.15, 0.2) is 5.13 Å². The van der Waals surface area contributed by atoms with Gasteiger partial charge < -0.3 is 20.7 Å². The lowest BCUT2D eigenvalue weighted by molar-refractivity contribution is -0.115. The van der Waals surface area contributed by atoms with Crippen molar-refractivity contribution in [1.82, 2.24) is 10.3 Å². The molecule has 0 saturated heterocycles. The summed E-state index contributed by atoms with van der Waals surface area (Å²) in [4.78, 5) is 44.8. The molecule has 5 rings (SSSR count). The molecule has 8 nitrogen and oxygen atoms in total. The summed E-state index contributed by atoms with van der Waals surface area (Å²) in [7, 11) is 1.62. The largest absolute Gasteiger partial charge is 0.497 e. The summed E-state index contributed by atoms with van der Waals surface area (Å²) in [6, 6.07) is 31.4. The quantitative estimate of drug-likeness (QED) is 0.0904. The van der Waals surface area contributed by atoms with Crippen LogP contribution in [0.3, 0.4) is 0 Å². The molecule has 0 aliphatic rings. The lowest BCUT2D eigenvalue weighted by Crippen LogP contribution is -2.30. The topological polar surface area (TPSA) is 109 Å². The van der Waals surface area contributed by atoms with Crippen molar-refractivity contribution in [1.29, 1.82) is 0 Å². The van der Waals surface area contributed by atoms with Gasteiger partial charge in [-0.2, -0.15) is 0 Å². The Bertz CT molecular complexity index is 1890. The summed E-state index contributed by atoms with van der Waals surface area (Å²) in [6.45, 7) is 6.06. The van der Waals surface area contributed by atoms with E-state index < -0.39 is 11.2 Å². The maximum absolute atomic E-state index is 13.4. The predicted molar refractivity (Wildman–Crippen MR) is 196 cm³/mol. The fourth-order valence-corrected chi connectivity index (χ4v) is 6.18. The highest BCUT2D eigenvalue weighted by Crippen LogP contribution is 2.29. The van der Waals surface area contributed by atoms with E-state index in [2.05, 4.69) is 34.8 Å². The number of thioether (sulfide) groups is 1. The Morgan fingerprint density at radius 3 is 2.17 bits per heavy atom. The molecular formula is C38H36N4O4S2. The molecule has 1 heterocycles. The van der Waals surface area contributed by atoms with Gasteiger partial charge in [-0.05, 0) is 90.7 Å². The predicted octanol–water partition coefficient (Wildman–Crippen LogP) is 8.47. The van der Waals surface area contributed by atoms with Crippen LogP contribution in [0, 0.1) is 0 Å². The highest BCUT2D eigenvalue weighted by atomic mass is 32.2. The van der Waals surface area contributed by atoms with E-state index in [-0.39, 0.29) is 17.5 Å². The number of nitrogens with one attached hydrogen (secondary N) is 3. The second-order valence-electron chi connectivity index (χ2n) is 11.2. The van der Waals surface area contributed by atoms with Crippen LogP contribution in [0.1, 0.15) is 48.2 Å². The number of rotatable bonds is 12. The molecule has 244 valence electrons. The fraction of sp³-hybridized carbons (Fsp3) is 0.158. The standard InChI is InChI=1S/C38H36N4O4S2/c1-24(2)27-12-10-26(11-13-27)22-33(40-36(44)29-8-6-5-7-9-29)37(45)39-30-16-20-32(21-17-30)48-25(3)35(43)42-38-41-34(23-47-38)28-14-18-31(46-4)19-15-28/h5-25H,1-4H3,(H,39,45)(H,40,44)(H,41,42,43)/b33-22-. The third-order valence-electron chi connectivity index (χ3n) is 7.36. The summed E-state index contributed by atoms with van der Waals surface area (Å²) in [6.07, 6.45) is 1.66. The van der Waals surface area contributed by atoms with Crippen molar-refractivity contribution in [3.8, 4) is 17.0 Å². The van der Waals surface area contributed by atoms with Crippen LogP contribution in [0.2, 0.25) is 0 Å². The number of ether oxygens (including phenoxy) is 1. The molecule has 0 bridgehead atoms. The summed E-state index contributed by atoms with van der Waals surface area (Å²) in [5.74, 6) is 0.126. The number of aromatic nitrogens is 1. The first-order chi connectivity index (χ1) is 23.2. The minimum Gasteiger partial charge on any atom is -0.497 e. The molecule has 5 aromatic rings. The Balaban J connectivity index is 1.21. The van der Waals surface area contributed by atoms with Gasteiger partial charge >= 0.3 is 0 Å². The number of methoxy groups -OCH3 is 1. The molecule has 1 aromatic heterocycles. The molecule has 0 spiro atoms. The van der Waals surface area contributed by atoms with Crippen molar-refractivity contribution in [3.05, 3.63) is 131 Å². The molecule has 4 aromatic carbocycles. The second kappa shape index (κ2) is 16.1. The van der Waals surface area contributed by atoms with Gasteiger partial charge in [-0.3, -0.25) is 14.4 Å². The van der Waals surface area contributed by atoms with Crippen LogP contribution in [-0.2, 0) is 9.59 Å². The molecule has 0 fully saturated rings. The monoisotopic (exact) mass is 676 g/mol. The number of carbonyl (C=O) groups is 3. The lowest BCUT2D eigenvalue weighted by Gasteiger charge is -2.13. The minimum absolute atomic E-state index is 0.113. The lowest BCUT2D eigenvalue weighted by atomic mass is 10.0. The summed E-state index contributed by atoms with van der Waals surface area (Å²) in [5.41, 5.74) is 4.78. The molecular weight excluding hydrogens is 641 g/mol. The fourth-order valence-electron chi connectivity index (χ4n) is 4.59. The average Bonchev–Trinajstić information content (AvgIpc) is 3.57. The Labute approximate surface area is 288 Å². The zero-order valence-corrected chi connectivity index (χ0v) is 28.7. The van der Waals surface area contributed by atoms with Gasteiger partial charge in [0, 0.05) is 27.1 Å². The average molecular weight is 677 g/mol. The Morgan fingerprint density at radius 2 is 1.52 bits per heavy atom. The Morgan fingerprint density at radius 1 is 0.833 bits per heavy atom. The zero-order valence-electron chi connectivity index (χ0n) is 27.0. The highest BCUT2D eigenvalue weighted by molar-refractivity contribution is 8.00. The number of carbonyl (C=O) groups excluding carboxylic acids is 3. The number of anilines is 2. The number of hydrogen-bond donors (Lipinski definition) is 3. The minimum atomic E-state index is -0.460. The van der Waals surface area contributed by atoms with E-state index in [0.29, 0.717) is 22.3 Å². The third-order valence-corrected chi connectivity index (χ3v) is 9.23.